The van der Waals surface area contributed by atoms with Crippen LogP contribution in [0, 0.1) is 5.41 Å². The summed E-state index contributed by atoms with van der Waals surface area (Å²) < 4.78 is -0.190. The van der Waals surface area contributed by atoms with Crippen molar-refractivity contribution in [3.63, 3.8) is 0 Å². The maximum atomic E-state index is 10.1. The van der Waals surface area contributed by atoms with E-state index in [1.807, 2.05) is 19.3 Å². The SMILES string of the molecule is CSC1=C(C)C(S[C@H]2SC[C@H](O)[C@H](O)[C@H]2O)=CCC1=N. The molecular weight excluding hydrogens is 314 g/mol. The van der Waals surface area contributed by atoms with Crippen molar-refractivity contribution in [2.45, 2.75) is 36.2 Å². The molecule has 4 nitrogen and oxygen atoms in total. The van der Waals surface area contributed by atoms with Crippen molar-refractivity contribution in [1.82, 2.24) is 0 Å². The van der Waals surface area contributed by atoms with Gasteiger partial charge in [0, 0.05) is 27.7 Å². The van der Waals surface area contributed by atoms with Crippen molar-refractivity contribution >= 4 is 41.0 Å². The molecule has 1 saturated heterocycles. The van der Waals surface area contributed by atoms with Crippen LogP contribution in [0.25, 0.3) is 0 Å². The molecule has 0 amide bonds. The average molecular weight is 334 g/mol. The molecule has 0 radical (unpaired) electrons. The summed E-state index contributed by atoms with van der Waals surface area (Å²) in [6, 6.07) is 0. The molecule has 0 bridgehead atoms. The van der Waals surface area contributed by atoms with Crippen LogP contribution in [0.3, 0.4) is 0 Å². The lowest BCUT2D eigenvalue weighted by Gasteiger charge is -2.35. The van der Waals surface area contributed by atoms with Crippen LogP contribution < -0.4 is 0 Å². The largest absolute Gasteiger partial charge is 0.389 e. The Hall–Kier alpha value is 0.0800. The third kappa shape index (κ3) is 3.28. The second kappa shape index (κ2) is 6.89. The van der Waals surface area contributed by atoms with Gasteiger partial charge in [-0.1, -0.05) is 6.08 Å². The van der Waals surface area contributed by atoms with Gasteiger partial charge < -0.3 is 20.7 Å². The molecule has 0 spiro atoms. The number of rotatable bonds is 3. The van der Waals surface area contributed by atoms with Gasteiger partial charge in [0.25, 0.3) is 0 Å². The predicted octanol–water partition coefficient (Wildman–Crippen LogP) is 1.82. The molecule has 2 rings (SSSR count). The van der Waals surface area contributed by atoms with Gasteiger partial charge in [0.15, 0.2) is 0 Å². The van der Waals surface area contributed by atoms with Gasteiger partial charge in [-0.25, -0.2) is 0 Å². The summed E-state index contributed by atoms with van der Waals surface area (Å²) in [4.78, 5) is 2.05. The molecule has 1 fully saturated rings. The molecule has 1 aliphatic carbocycles. The summed E-state index contributed by atoms with van der Waals surface area (Å²) in [7, 11) is 0. The van der Waals surface area contributed by atoms with Crippen LogP contribution in [0.4, 0.5) is 0 Å². The van der Waals surface area contributed by atoms with Crippen molar-refractivity contribution in [3.8, 4) is 0 Å². The third-order valence-electron chi connectivity index (χ3n) is 3.38. The van der Waals surface area contributed by atoms with Crippen molar-refractivity contribution in [3.05, 3.63) is 21.5 Å². The zero-order chi connectivity index (χ0) is 14.9. The van der Waals surface area contributed by atoms with Gasteiger partial charge in [0.2, 0.25) is 0 Å². The monoisotopic (exact) mass is 333 g/mol. The van der Waals surface area contributed by atoms with E-state index >= 15 is 0 Å². The van der Waals surface area contributed by atoms with Crippen LogP contribution in [-0.4, -0.2) is 55.9 Å². The molecule has 112 valence electrons. The van der Waals surface area contributed by atoms with E-state index in [9.17, 15) is 15.3 Å². The Kier molecular flexibility index (Phi) is 5.67. The van der Waals surface area contributed by atoms with Crippen molar-refractivity contribution < 1.29 is 15.3 Å². The van der Waals surface area contributed by atoms with Crippen LogP contribution in [-0.2, 0) is 0 Å². The van der Waals surface area contributed by atoms with Gasteiger partial charge in [0.05, 0.1) is 10.7 Å². The zero-order valence-corrected chi connectivity index (χ0v) is 13.8. The first-order valence-corrected chi connectivity index (χ1v) is 9.46. The normalized spacial score (nSPS) is 35.2. The number of hydrogen-bond donors (Lipinski definition) is 4. The smallest absolute Gasteiger partial charge is 0.108 e. The van der Waals surface area contributed by atoms with Crippen molar-refractivity contribution in [2.75, 3.05) is 12.0 Å². The Balaban J connectivity index is 2.11. The number of aliphatic hydroxyl groups is 3. The highest BCUT2D eigenvalue weighted by atomic mass is 32.2. The second-order valence-corrected chi connectivity index (χ2v) is 8.25. The second-order valence-electron chi connectivity index (χ2n) is 4.78. The van der Waals surface area contributed by atoms with Gasteiger partial charge >= 0.3 is 0 Å². The van der Waals surface area contributed by atoms with E-state index < -0.39 is 18.3 Å². The van der Waals surface area contributed by atoms with Crippen LogP contribution >= 0.6 is 35.3 Å². The first-order chi connectivity index (χ1) is 9.45. The Labute approximate surface area is 131 Å². The minimum Gasteiger partial charge on any atom is -0.389 e. The van der Waals surface area contributed by atoms with Gasteiger partial charge in [-0.15, -0.1) is 35.3 Å². The molecule has 1 aliphatic heterocycles. The van der Waals surface area contributed by atoms with E-state index in [2.05, 4.69) is 0 Å². The van der Waals surface area contributed by atoms with Gasteiger partial charge in [-0.2, -0.15) is 0 Å². The summed E-state index contributed by atoms with van der Waals surface area (Å²) in [5.74, 6) is 0.428. The fourth-order valence-corrected chi connectivity index (χ4v) is 5.78. The highest BCUT2D eigenvalue weighted by Crippen LogP contribution is 2.43. The molecule has 0 unspecified atom stereocenters. The molecule has 0 saturated carbocycles. The van der Waals surface area contributed by atoms with E-state index in [1.54, 1.807) is 11.8 Å². The van der Waals surface area contributed by atoms with Crippen LogP contribution in [0.2, 0.25) is 0 Å². The van der Waals surface area contributed by atoms with Crippen molar-refractivity contribution in [1.29, 1.82) is 5.41 Å². The van der Waals surface area contributed by atoms with E-state index in [0.29, 0.717) is 17.9 Å². The Morgan fingerprint density at radius 1 is 1.30 bits per heavy atom. The average Bonchev–Trinajstić information content (AvgIpc) is 2.43. The Morgan fingerprint density at radius 2 is 2.00 bits per heavy atom. The topological polar surface area (TPSA) is 84.5 Å². The van der Waals surface area contributed by atoms with E-state index in [1.165, 1.54) is 23.5 Å². The summed E-state index contributed by atoms with van der Waals surface area (Å²) in [6.07, 6.45) is 1.69. The molecule has 0 aromatic rings. The molecule has 4 N–H and O–H groups in total. The molecule has 7 heteroatoms. The fraction of sp³-hybridized carbons (Fsp3) is 0.615. The molecule has 4 atom stereocenters. The number of thioether (sulfide) groups is 3. The zero-order valence-electron chi connectivity index (χ0n) is 11.4. The van der Waals surface area contributed by atoms with E-state index in [-0.39, 0.29) is 4.58 Å². The number of allylic oxidation sites excluding steroid dienone is 3. The molecule has 0 aromatic heterocycles. The van der Waals surface area contributed by atoms with Crippen LogP contribution in [0.1, 0.15) is 13.3 Å². The first-order valence-electron chi connectivity index (χ1n) is 6.31. The van der Waals surface area contributed by atoms with E-state index in [4.69, 9.17) is 5.41 Å². The number of nitrogens with one attached hydrogen (secondary N) is 1. The summed E-state index contributed by atoms with van der Waals surface area (Å²) >= 11 is 4.56. The molecular formula is C13H19NO3S3. The molecule has 1 heterocycles. The fourth-order valence-electron chi connectivity index (χ4n) is 2.20. The highest BCUT2D eigenvalue weighted by molar-refractivity contribution is 8.19. The summed E-state index contributed by atoms with van der Waals surface area (Å²) in [6.45, 7) is 1.99. The minimum atomic E-state index is -1.08. The Bertz CT molecular complexity index is 464. The lowest BCUT2D eigenvalue weighted by Crippen LogP contribution is -2.47. The van der Waals surface area contributed by atoms with Crippen molar-refractivity contribution in [2.24, 2.45) is 0 Å². The highest BCUT2D eigenvalue weighted by Gasteiger charge is 2.38. The molecule has 20 heavy (non-hydrogen) atoms. The predicted molar refractivity (Wildman–Crippen MR) is 88.5 cm³/mol. The lowest BCUT2D eigenvalue weighted by molar-refractivity contribution is -0.0473. The summed E-state index contributed by atoms with van der Waals surface area (Å²) in [5, 5.41) is 37.3. The van der Waals surface area contributed by atoms with Gasteiger partial charge in [-0.3, -0.25) is 0 Å². The molecule has 0 aromatic carbocycles. The lowest BCUT2D eigenvalue weighted by atomic mass is 10.1. The van der Waals surface area contributed by atoms with Crippen LogP contribution in [0.5, 0.6) is 0 Å². The first kappa shape index (κ1) is 16.5. The maximum Gasteiger partial charge on any atom is 0.108 e. The maximum absolute atomic E-state index is 10.1. The van der Waals surface area contributed by atoms with E-state index in [0.717, 1.165) is 15.4 Å². The van der Waals surface area contributed by atoms with Gasteiger partial charge in [0.1, 0.15) is 12.2 Å². The Morgan fingerprint density at radius 3 is 2.65 bits per heavy atom. The van der Waals surface area contributed by atoms with Gasteiger partial charge in [-0.05, 0) is 18.8 Å². The quantitative estimate of drug-likeness (QED) is 0.630. The van der Waals surface area contributed by atoms with Crippen LogP contribution in [0.15, 0.2) is 21.5 Å². The third-order valence-corrected chi connectivity index (χ3v) is 7.41. The standard InChI is InChI=1S/C13H19NO3S3/c1-6-9(4-3-7(14)12(6)18-2)20-13-11(17)10(16)8(15)5-19-13/h4,8,10-11,13-17H,3,5H2,1-2H3/t8-,10-,11+,13+/m0/s1. The number of aliphatic hydroxyl groups excluding tert-OH is 3. The molecule has 2 aliphatic rings. The number of hydrogen-bond acceptors (Lipinski definition) is 7. The summed E-state index contributed by atoms with van der Waals surface area (Å²) in [5.41, 5.74) is 1.69. The minimum absolute atomic E-state index is 0.190.